The Hall–Kier alpha value is -1.14. The molecular formula is C12H22N2O4. The first-order valence-electron chi connectivity index (χ1n) is 6.07. The molecule has 0 aromatic heterocycles. The molecule has 0 bridgehead atoms. The quantitative estimate of drug-likeness (QED) is 0.688. The van der Waals surface area contributed by atoms with Gasteiger partial charge in [0.05, 0.1) is 25.7 Å². The van der Waals surface area contributed by atoms with E-state index in [1.807, 2.05) is 6.92 Å². The number of ether oxygens (including phenoxy) is 2. The molecule has 0 aromatic rings. The van der Waals surface area contributed by atoms with E-state index >= 15 is 0 Å². The van der Waals surface area contributed by atoms with E-state index in [4.69, 9.17) is 10.5 Å². The van der Waals surface area contributed by atoms with E-state index in [-0.39, 0.29) is 17.9 Å². The van der Waals surface area contributed by atoms with Crippen LogP contribution in [-0.2, 0) is 19.1 Å². The first kappa shape index (κ1) is 14.9. The summed E-state index contributed by atoms with van der Waals surface area (Å²) in [5.74, 6) is -0.291. The zero-order valence-corrected chi connectivity index (χ0v) is 11.3. The summed E-state index contributed by atoms with van der Waals surface area (Å²) < 4.78 is 9.80. The van der Waals surface area contributed by atoms with E-state index < -0.39 is 5.41 Å². The monoisotopic (exact) mass is 258 g/mol. The topological polar surface area (TPSA) is 81.9 Å². The van der Waals surface area contributed by atoms with Crippen molar-refractivity contribution in [3.63, 3.8) is 0 Å². The third kappa shape index (κ3) is 3.20. The number of rotatable bonds is 5. The molecule has 1 amide bonds. The molecule has 2 N–H and O–H groups in total. The zero-order chi connectivity index (χ0) is 13.8. The van der Waals surface area contributed by atoms with Crippen molar-refractivity contribution in [2.24, 2.45) is 11.1 Å². The standard InChI is InChI=1S/C12H22N2O4/c1-12(8-18-7-9(12)13)11(16)14(2)6-4-5-10(15)17-3/h9H,4-8,13H2,1-3H3. The van der Waals surface area contributed by atoms with Crippen molar-refractivity contribution in [3.05, 3.63) is 0 Å². The molecule has 1 heterocycles. The number of esters is 1. The van der Waals surface area contributed by atoms with Crippen molar-refractivity contribution in [1.82, 2.24) is 4.90 Å². The van der Waals surface area contributed by atoms with Gasteiger partial charge in [0, 0.05) is 26.1 Å². The lowest BCUT2D eigenvalue weighted by molar-refractivity contribution is -0.143. The summed E-state index contributed by atoms with van der Waals surface area (Å²) in [5, 5.41) is 0. The Labute approximate surface area is 107 Å². The highest BCUT2D eigenvalue weighted by molar-refractivity contribution is 5.83. The minimum Gasteiger partial charge on any atom is -0.469 e. The second kappa shape index (κ2) is 6.15. The predicted octanol–water partition coefficient (Wildman–Crippen LogP) is -0.238. The number of carbonyl (C=O) groups is 2. The van der Waals surface area contributed by atoms with Crippen LogP contribution in [0, 0.1) is 5.41 Å². The van der Waals surface area contributed by atoms with Gasteiger partial charge in [-0.05, 0) is 13.3 Å². The second-order valence-electron chi connectivity index (χ2n) is 4.95. The molecule has 1 fully saturated rings. The van der Waals surface area contributed by atoms with Gasteiger partial charge in [0.25, 0.3) is 0 Å². The molecule has 2 atom stereocenters. The van der Waals surface area contributed by atoms with Gasteiger partial charge in [-0.3, -0.25) is 9.59 Å². The van der Waals surface area contributed by atoms with Gasteiger partial charge in [0.1, 0.15) is 0 Å². The molecule has 18 heavy (non-hydrogen) atoms. The minimum absolute atomic E-state index is 0.0302. The van der Waals surface area contributed by atoms with Crippen LogP contribution < -0.4 is 5.73 Å². The van der Waals surface area contributed by atoms with Crippen LogP contribution in [-0.4, -0.2) is 56.7 Å². The number of carbonyl (C=O) groups excluding carboxylic acids is 2. The molecule has 0 aliphatic carbocycles. The summed E-state index contributed by atoms with van der Waals surface area (Å²) in [6.07, 6.45) is 0.897. The van der Waals surface area contributed by atoms with Gasteiger partial charge in [-0.15, -0.1) is 0 Å². The van der Waals surface area contributed by atoms with E-state index in [2.05, 4.69) is 4.74 Å². The highest BCUT2D eigenvalue weighted by Crippen LogP contribution is 2.29. The molecule has 2 unspecified atom stereocenters. The fourth-order valence-corrected chi connectivity index (χ4v) is 2.01. The van der Waals surface area contributed by atoms with Crippen molar-refractivity contribution in [2.75, 3.05) is 33.9 Å². The summed E-state index contributed by atoms with van der Waals surface area (Å²) in [7, 11) is 3.07. The Morgan fingerprint density at radius 1 is 1.56 bits per heavy atom. The summed E-state index contributed by atoms with van der Waals surface area (Å²) in [5.41, 5.74) is 5.25. The number of methoxy groups -OCH3 is 1. The molecular weight excluding hydrogens is 236 g/mol. The Balaban J connectivity index is 2.44. The fourth-order valence-electron chi connectivity index (χ4n) is 2.01. The highest BCUT2D eigenvalue weighted by atomic mass is 16.5. The van der Waals surface area contributed by atoms with Crippen molar-refractivity contribution in [1.29, 1.82) is 0 Å². The molecule has 6 nitrogen and oxygen atoms in total. The fraction of sp³-hybridized carbons (Fsp3) is 0.833. The Kier molecular flexibility index (Phi) is 5.10. The number of nitrogens with two attached hydrogens (primary N) is 1. The third-order valence-electron chi connectivity index (χ3n) is 3.46. The van der Waals surface area contributed by atoms with Gasteiger partial charge in [-0.1, -0.05) is 0 Å². The van der Waals surface area contributed by atoms with Crippen LogP contribution in [0.2, 0.25) is 0 Å². The minimum atomic E-state index is -0.653. The number of hydrogen-bond donors (Lipinski definition) is 1. The van der Waals surface area contributed by atoms with Gasteiger partial charge >= 0.3 is 5.97 Å². The number of nitrogens with zero attached hydrogens (tertiary/aromatic N) is 1. The van der Waals surface area contributed by atoms with Gasteiger partial charge in [0.15, 0.2) is 0 Å². The van der Waals surface area contributed by atoms with Crippen molar-refractivity contribution in [2.45, 2.75) is 25.8 Å². The van der Waals surface area contributed by atoms with Crippen molar-refractivity contribution >= 4 is 11.9 Å². The Bertz CT molecular complexity index is 321. The van der Waals surface area contributed by atoms with Crippen molar-refractivity contribution < 1.29 is 19.1 Å². The lowest BCUT2D eigenvalue weighted by atomic mass is 9.84. The molecule has 0 aromatic carbocycles. The lowest BCUT2D eigenvalue weighted by Crippen LogP contribution is -2.50. The van der Waals surface area contributed by atoms with Crippen LogP contribution in [0.1, 0.15) is 19.8 Å². The Morgan fingerprint density at radius 3 is 2.72 bits per heavy atom. The maximum Gasteiger partial charge on any atom is 0.305 e. The molecule has 1 saturated heterocycles. The average molecular weight is 258 g/mol. The summed E-state index contributed by atoms with van der Waals surface area (Å²) in [4.78, 5) is 24.8. The van der Waals surface area contributed by atoms with Gasteiger partial charge in [-0.2, -0.15) is 0 Å². The van der Waals surface area contributed by atoms with Crippen LogP contribution in [0.3, 0.4) is 0 Å². The maximum absolute atomic E-state index is 12.3. The normalized spacial score (nSPS) is 27.0. The molecule has 0 radical (unpaired) electrons. The predicted molar refractivity (Wildman–Crippen MR) is 65.8 cm³/mol. The number of hydrogen-bond acceptors (Lipinski definition) is 5. The summed E-state index contributed by atoms with van der Waals surface area (Å²) in [6, 6.07) is -0.270. The molecule has 1 aliphatic rings. The third-order valence-corrected chi connectivity index (χ3v) is 3.46. The van der Waals surface area contributed by atoms with Crippen LogP contribution in [0.5, 0.6) is 0 Å². The molecule has 0 spiro atoms. The van der Waals surface area contributed by atoms with Crippen LogP contribution in [0.25, 0.3) is 0 Å². The van der Waals surface area contributed by atoms with E-state index in [0.717, 1.165) is 0 Å². The van der Waals surface area contributed by atoms with E-state index in [0.29, 0.717) is 32.6 Å². The molecule has 0 saturated carbocycles. The van der Waals surface area contributed by atoms with Crippen LogP contribution in [0.4, 0.5) is 0 Å². The molecule has 104 valence electrons. The van der Waals surface area contributed by atoms with Crippen LogP contribution >= 0.6 is 0 Å². The van der Waals surface area contributed by atoms with Gasteiger partial charge in [-0.25, -0.2) is 0 Å². The average Bonchev–Trinajstić information content (AvgIpc) is 2.69. The van der Waals surface area contributed by atoms with Crippen molar-refractivity contribution in [3.8, 4) is 0 Å². The van der Waals surface area contributed by atoms with E-state index in [1.165, 1.54) is 7.11 Å². The lowest BCUT2D eigenvalue weighted by Gasteiger charge is -2.30. The maximum atomic E-state index is 12.3. The highest BCUT2D eigenvalue weighted by Gasteiger charge is 2.45. The Morgan fingerprint density at radius 2 is 2.22 bits per heavy atom. The molecule has 6 heteroatoms. The van der Waals surface area contributed by atoms with Gasteiger partial charge < -0.3 is 20.1 Å². The zero-order valence-electron chi connectivity index (χ0n) is 11.3. The van der Waals surface area contributed by atoms with Crippen LogP contribution in [0.15, 0.2) is 0 Å². The largest absolute Gasteiger partial charge is 0.469 e. The first-order chi connectivity index (χ1) is 8.41. The smallest absolute Gasteiger partial charge is 0.305 e. The molecule has 1 rings (SSSR count). The van der Waals surface area contributed by atoms with E-state index in [9.17, 15) is 9.59 Å². The first-order valence-corrected chi connectivity index (χ1v) is 6.07. The van der Waals surface area contributed by atoms with Gasteiger partial charge in [0.2, 0.25) is 5.91 Å². The second-order valence-corrected chi connectivity index (χ2v) is 4.95. The number of amides is 1. The summed E-state index contributed by atoms with van der Waals surface area (Å²) >= 11 is 0. The van der Waals surface area contributed by atoms with E-state index in [1.54, 1.807) is 11.9 Å². The SMILES string of the molecule is COC(=O)CCCN(C)C(=O)C1(C)COCC1N. The summed E-state index contributed by atoms with van der Waals surface area (Å²) in [6.45, 7) is 3.10. The molecule has 1 aliphatic heterocycles.